The van der Waals surface area contributed by atoms with Gasteiger partial charge in [-0.25, -0.2) is 4.39 Å². The fraction of sp³-hybridized carbons (Fsp3) is 0.571. The van der Waals surface area contributed by atoms with Crippen molar-refractivity contribution in [2.24, 2.45) is 0 Å². The zero-order valence-corrected chi connectivity index (χ0v) is 10.1. The fourth-order valence-corrected chi connectivity index (χ4v) is 2.25. The van der Waals surface area contributed by atoms with Crippen molar-refractivity contribution in [2.75, 3.05) is 6.54 Å². The summed E-state index contributed by atoms with van der Waals surface area (Å²) in [7, 11) is 0. The summed E-state index contributed by atoms with van der Waals surface area (Å²) >= 11 is 0. The zero-order chi connectivity index (χ0) is 11.6. The Kier molecular flexibility index (Phi) is 3.29. The highest BCUT2D eigenvalue weighted by Crippen LogP contribution is 2.28. The predicted octanol–water partition coefficient (Wildman–Crippen LogP) is 3.71. The van der Waals surface area contributed by atoms with Crippen molar-refractivity contribution in [1.82, 2.24) is 5.32 Å². The van der Waals surface area contributed by atoms with Crippen molar-refractivity contribution in [3.8, 4) is 0 Å². The van der Waals surface area contributed by atoms with Crippen LogP contribution in [-0.4, -0.2) is 6.54 Å². The number of alkyl halides is 1. The SMILES string of the molecule is CC(C)(F)c1ccc(C2CCCCN2)cc1. The Bertz CT molecular complexity index is 331. The average Bonchev–Trinajstić information content (AvgIpc) is 2.29. The Morgan fingerprint density at radius 3 is 2.38 bits per heavy atom. The van der Waals surface area contributed by atoms with Gasteiger partial charge >= 0.3 is 0 Å². The van der Waals surface area contributed by atoms with Gasteiger partial charge < -0.3 is 5.32 Å². The molecule has 16 heavy (non-hydrogen) atoms. The van der Waals surface area contributed by atoms with Crippen LogP contribution in [0.4, 0.5) is 4.39 Å². The molecule has 1 aromatic rings. The molecule has 1 nitrogen and oxygen atoms in total. The molecular weight excluding hydrogens is 201 g/mol. The molecule has 0 radical (unpaired) electrons. The number of benzene rings is 1. The normalized spacial score (nSPS) is 22.1. The number of halogens is 1. The van der Waals surface area contributed by atoms with Crippen LogP contribution in [0.1, 0.15) is 50.3 Å². The van der Waals surface area contributed by atoms with Gasteiger partial charge in [0, 0.05) is 6.04 Å². The Balaban J connectivity index is 2.12. The molecule has 1 atom stereocenters. The van der Waals surface area contributed by atoms with E-state index in [1.54, 1.807) is 13.8 Å². The van der Waals surface area contributed by atoms with Crippen molar-refractivity contribution in [1.29, 1.82) is 0 Å². The third-order valence-corrected chi connectivity index (χ3v) is 3.31. The van der Waals surface area contributed by atoms with Gasteiger partial charge in [-0.05, 0) is 44.4 Å². The van der Waals surface area contributed by atoms with Crippen LogP contribution in [0.5, 0.6) is 0 Å². The third kappa shape index (κ3) is 2.62. The summed E-state index contributed by atoms with van der Waals surface area (Å²) < 4.78 is 13.7. The summed E-state index contributed by atoms with van der Waals surface area (Å²) in [6.07, 6.45) is 3.75. The molecule has 1 heterocycles. The highest BCUT2D eigenvalue weighted by Gasteiger charge is 2.19. The summed E-state index contributed by atoms with van der Waals surface area (Å²) in [6, 6.07) is 8.39. The molecule has 0 amide bonds. The molecule has 0 saturated carbocycles. The molecule has 88 valence electrons. The Morgan fingerprint density at radius 1 is 1.19 bits per heavy atom. The molecular formula is C14H20FN. The number of hydrogen-bond donors (Lipinski definition) is 1. The lowest BCUT2D eigenvalue weighted by atomic mass is 9.94. The maximum absolute atomic E-state index is 13.7. The second-order valence-electron chi connectivity index (χ2n) is 5.10. The Hall–Kier alpha value is -0.890. The number of piperidine rings is 1. The van der Waals surface area contributed by atoms with Crippen LogP contribution in [0.25, 0.3) is 0 Å². The van der Waals surface area contributed by atoms with E-state index in [4.69, 9.17) is 0 Å². The van der Waals surface area contributed by atoms with Crippen molar-refractivity contribution >= 4 is 0 Å². The summed E-state index contributed by atoms with van der Waals surface area (Å²) in [4.78, 5) is 0. The van der Waals surface area contributed by atoms with Gasteiger partial charge in [0.2, 0.25) is 0 Å². The second-order valence-corrected chi connectivity index (χ2v) is 5.10. The van der Waals surface area contributed by atoms with Gasteiger partial charge in [-0.15, -0.1) is 0 Å². The van der Waals surface area contributed by atoms with E-state index in [2.05, 4.69) is 17.4 Å². The van der Waals surface area contributed by atoms with Gasteiger partial charge in [0.25, 0.3) is 0 Å². The summed E-state index contributed by atoms with van der Waals surface area (Å²) in [5.74, 6) is 0. The van der Waals surface area contributed by atoms with Crippen LogP contribution in [0.15, 0.2) is 24.3 Å². The smallest absolute Gasteiger partial charge is 0.130 e. The summed E-state index contributed by atoms with van der Waals surface area (Å²) in [5, 5.41) is 3.50. The van der Waals surface area contributed by atoms with Gasteiger partial charge in [-0.2, -0.15) is 0 Å². The maximum Gasteiger partial charge on any atom is 0.130 e. The van der Waals surface area contributed by atoms with Gasteiger partial charge in [-0.3, -0.25) is 0 Å². The first-order valence-electron chi connectivity index (χ1n) is 6.10. The van der Waals surface area contributed by atoms with Crippen LogP contribution in [0.2, 0.25) is 0 Å². The lowest BCUT2D eigenvalue weighted by molar-refractivity contribution is 0.221. The zero-order valence-electron chi connectivity index (χ0n) is 10.1. The second kappa shape index (κ2) is 4.54. The number of nitrogens with one attached hydrogen (secondary N) is 1. The monoisotopic (exact) mass is 221 g/mol. The van der Waals surface area contributed by atoms with Crippen LogP contribution in [0.3, 0.4) is 0 Å². The highest BCUT2D eigenvalue weighted by molar-refractivity contribution is 5.28. The minimum absolute atomic E-state index is 0.463. The topological polar surface area (TPSA) is 12.0 Å². The molecule has 0 aliphatic carbocycles. The molecule has 1 N–H and O–H groups in total. The van der Waals surface area contributed by atoms with E-state index < -0.39 is 5.67 Å². The molecule has 0 bridgehead atoms. The number of hydrogen-bond acceptors (Lipinski definition) is 1. The molecule has 1 unspecified atom stereocenters. The summed E-state index contributed by atoms with van der Waals surface area (Å²) in [5.41, 5.74) is 0.804. The quantitative estimate of drug-likeness (QED) is 0.802. The third-order valence-electron chi connectivity index (χ3n) is 3.31. The first-order chi connectivity index (χ1) is 7.57. The van der Waals surface area contributed by atoms with Crippen LogP contribution in [-0.2, 0) is 5.67 Å². The number of rotatable bonds is 2. The van der Waals surface area contributed by atoms with E-state index in [-0.39, 0.29) is 0 Å². The van der Waals surface area contributed by atoms with E-state index in [0.717, 1.165) is 12.1 Å². The molecule has 1 aromatic carbocycles. The predicted molar refractivity (Wildman–Crippen MR) is 65.2 cm³/mol. The molecule has 2 heteroatoms. The maximum atomic E-state index is 13.7. The van der Waals surface area contributed by atoms with Gasteiger partial charge in [0.05, 0.1) is 0 Å². The molecule has 0 spiro atoms. The molecule has 1 fully saturated rings. The van der Waals surface area contributed by atoms with Gasteiger partial charge in [-0.1, -0.05) is 30.7 Å². The van der Waals surface area contributed by atoms with Crippen molar-refractivity contribution in [3.05, 3.63) is 35.4 Å². The molecule has 1 aliphatic rings. The van der Waals surface area contributed by atoms with Crippen LogP contribution >= 0.6 is 0 Å². The first kappa shape index (κ1) is 11.6. The Labute approximate surface area is 97.1 Å². The van der Waals surface area contributed by atoms with Gasteiger partial charge in [0.1, 0.15) is 5.67 Å². The highest BCUT2D eigenvalue weighted by atomic mass is 19.1. The van der Waals surface area contributed by atoms with Crippen molar-refractivity contribution < 1.29 is 4.39 Å². The average molecular weight is 221 g/mol. The van der Waals surface area contributed by atoms with E-state index in [9.17, 15) is 4.39 Å². The minimum atomic E-state index is -1.24. The summed E-state index contributed by atoms with van der Waals surface area (Å²) in [6.45, 7) is 4.29. The standard InChI is InChI=1S/C14H20FN/c1-14(2,15)12-8-6-11(7-9-12)13-5-3-4-10-16-13/h6-9,13,16H,3-5,10H2,1-2H3. The minimum Gasteiger partial charge on any atom is -0.310 e. The molecule has 2 rings (SSSR count). The lowest BCUT2D eigenvalue weighted by Crippen LogP contribution is -2.26. The van der Waals surface area contributed by atoms with E-state index in [1.807, 2.05) is 12.1 Å². The molecule has 0 aromatic heterocycles. The Morgan fingerprint density at radius 2 is 1.88 bits per heavy atom. The van der Waals surface area contributed by atoms with E-state index in [0.29, 0.717) is 6.04 Å². The largest absolute Gasteiger partial charge is 0.310 e. The fourth-order valence-electron chi connectivity index (χ4n) is 2.25. The van der Waals surface area contributed by atoms with E-state index in [1.165, 1.54) is 24.8 Å². The van der Waals surface area contributed by atoms with Crippen molar-refractivity contribution in [2.45, 2.75) is 44.8 Å². The van der Waals surface area contributed by atoms with Crippen LogP contribution in [0, 0.1) is 0 Å². The molecule has 1 saturated heterocycles. The van der Waals surface area contributed by atoms with Gasteiger partial charge in [0.15, 0.2) is 0 Å². The van der Waals surface area contributed by atoms with Crippen LogP contribution < -0.4 is 5.32 Å². The van der Waals surface area contributed by atoms with Crippen molar-refractivity contribution in [3.63, 3.8) is 0 Å². The lowest BCUT2D eigenvalue weighted by Gasteiger charge is -2.24. The molecule has 1 aliphatic heterocycles. The first-order valence-corrected chi connectivity index (χ1v) is 6.10. The van der Waals surface area contributed by atoms with E-state index >= 15 is 0 Å².